The number of nitrogens with zero attached hydrogens (tertiary/aromatic N) is 6. The average Bonchev–Trinajstić information content (AvgIpc) is 3.44. The number of aliphatic hydroxyl groups is 2. The maximum atomic E-state index is 14.2. The van der Waals surface area contributed by atoms with E-state index in [1.165, 1.54) is 106 Å². The Morgan fingerprint density at radius 3 is 2.20 bits per heavy atom. The minimum absolute atomic E-state index is 0.0741. The summed E-state index contributed by atoms with van der Waals surface area (Å²) >= 11 is 0. The van der Waals surface area contributed by atoms with Crippen molar-refractivity contribution in [3.63, 3.8) is 0 Å². The SMILES string of the molecule is CCCCCCCCCCCCCCCCCCOC[C@H](COP(=O)(O)OC1[C@H]2O[C@@](C#N)(c3ccc4c(N)ncnn34)[C@H](O)[C@@]12O)N(C)Cc1cc(F)cc(C#N)c1. The van der Waals surface area contributed by atoms with E-state index >= 15 is 0 Å². The van der Waals surface area contributed by atoms with Gasteiger partial charge in [0.1, 0.15) is 42.0 Å². The molecule has 1 saturated carbocycles. The Labute approximate surface area is 346 Å². The van der Waals surface area contributed by atoms with Gasteiger partial charge in [-0.25, -0.2) is 18.5 Å². The van der Waals surface area contributed by atoms with E-state index in [1.54, 1.807) is 18.0 Å². The summed E-state index contributed by atoms with van der Waals surface area (Å²) in [6, 6.07) is 10.3. The van der Waals surface area contributed by atoms with E-state index in [2.05, 4.69) is 17.0 Å². The monoisotopic (exact) mass is 841 g/mol. The van der Waals surface area contributed by atoms with Crippen molar-refractivity contribution in [3.8, 4) is 12.1 Å². The van der Waals surface area contributed by atoms with Crippen molar-refractivity contribution in [3.05, 3.63) is 59.3 Å². The van der Waals surface area contributed by atoms with Crippen LogP contribution in [0.2, 0.25) is 0 Å². The van der Waals surface area contributed by atoms with Crippen LogP contribution in [-0.2, 0) is 35.2 Å². The summed E-state index contributed by atoms with van der Waals surface area (Å²) in [6.45, 7) is 2.64. The second kappa shape index (κ2) is 21.8. The quantitative estimate of drug-likeness (QED) is 0.0435. The topological polar surface area (TPSA) is 222 Å². The Morgan fingerprint density at radius 2 is 1.63 bits per heavy atom. The molecule has 2 unspecified atom stereocenters. The van der Waals surface area contributed by atoms with Gasteiger partial charge >= 0.3 is 7.82 Å². The number of nitrogen functional groups attached to an aromatic ring is 1. The highest BCUT2D eigenvalue weighted by Crippen LogP contribution is 2.63. The van der Waals surface area contributed by atoms with Crippen LogP contribution in [0, 0.1) is 28.5 Å². The Bertz CT molecular complexity index is 1940. The Kier molecular flexibility index (Phi) is 17.2. The molecule has 0 amide bonds. The van der Waals surface area contributed by atoms with Gasteiger partial charge in [-0.15, -0.1) is 0 Å². The molecule has 324 valence electrons. The van der Waals surface area contributed by atoms with Crippen LogP contribution in [0.1, 0.15) is 126 Å². The van der Waals surface area contributed by atoms with Crippen molar-refractivity contribution in [2.45, 2.75) is 152 Å². The average molecular weight is 842 g/mol. The van der Waals surface area contributed by atoms with Crippen molar-refractivity contribution in [1.29, 1.82) is 10.5 Å². The summed E-state index contributed by atoms with van der Waals surface area (Å²) in [6.07, 6.45) is 16.5. The van der Waals surface area contributed by atoms with Gasteiger partial charge in [-0.3, -0.25) is 13.9 Å². The van der Waals surface area contributed by atoms with Gasteiger partial charge < -0.3 is 30.3 Å². The highest BCUT2D eigenvalue weighted by Gasteiger charge is 2.83. The van der Waals surface area contributed by atoms with Crippen LogP contribution in [-0.4, -0.2) is 91.4 Å². The first-order valence-corrected chi connectivity index (χ1v) is 22.6. The zero-order chi connectivity index (χ0) is 42.5. The third-order valence-corrected chi connectivity index (χ3v) is 12.5. The number of hydrogen-bond acceptors (Lipinski definition) is 13. The van der Waals surface area contributed by atoms with Gasteiger partial charge in [0.05, 0.1) is 36.6 Å². The van der Waals surface area contributed by atoms with Crippen LogP contribution in [0.4, 0.5) is 10.2 Å². The van der Waals surface area contributed by atoms with E-state index < -0.39 is 49.2 Å². The van der Waals surface area contributed by atoms with Gasteiger partial charge in [-0.05, 0) is 49.4 Å². The maximum Gasteiger partial charge on any atom is 0.472 e. The molecule has 2 aromatic heterocycles. The molecule has 7 atom stereocenters. The molecule has 0 radical (unpaired) electrons. The van der Waals surface area contributed by atoms with Crippen molar-refractivity contribution in [2.24, 2.45) is 0 Å². The number of halogens is 1. The fraction of sp³-hybridized carbons (Fsp3) is 0.667. The van der Waals surface area contributed by atoms with E-state index in [9.17, 15) is 34.6 Å². The van der Waals surface area contributed by atoms with Gasteiger partial charge in [-0.2, -0.15) is 15.6 Å². The molecule has 1 aliphatic carbocycles. The van der Waals surface area contributed by atoms with E-state index in [0.29, 0.717) is 17.7 Å². The minimum Gasteiger partial charge on any atom is -0.385 e. The number of anilines is 1. The number of aliphatic hydroxyl groups excluding tert-OH is 1. The second-order valence-electron chi connectivity index (χ2n) is 16.0. The fourth-order valence-electron chi connectivity index (χ4n) is 7.96. The number of unbranched alkanes of at least 4 members (excludes halogenated alkanes) is 15. The lowest BCUT2D eigenvalue weighted by Crippen LogP contribution is -2.47. The third kappa shape index (κ3) is 11.9. The molecule has 1 aromatic carbocycles. The molecular weight excluding hydrogens is 780 g/mol. The van der Waals surface area contributed by atoms with E-state index in [1.807, 2.05) is 12.1 Å². The molecule has 1 saturated heterocycles. The zero-order valence-corrected chi connectivity index (χ0v) is 35.3. The summed E-state index contributed by atoms with van der Waals surface area (Å²) in [5, 5.41) is 46.3. The maximum absolute atomic E-state index is 14.2. The first kappa shape index (κ1) is 46.5. The summed E-state index contributed by atoms with van der Waals surface area (Å²) < 4.78 is 51.4. The van der Waals surface area contributed by atoms with Crippen LogP contribution in [0.25, 0.3) is 5.52 Å². The number of phosphoric ester groups is 1. The van der Waals surface area contributed by atoms with Gasteiger partial charge in [0.15, 0.2) is 11.4 Å². The number of likely N-dealkylation sites (N-methyl/N-ethyl adjacent to an activating group) is 1. The van der Waals surface area contributed by atoms with Gasteiger partial charge in [0.25, 0.3) is 0 Å². The van der Waals surface area contributed by atoms with Crippen LogP contribution >= 0.6 is 7.82 Å². The standard InChI is InChI=1S/C42H61FN7O8P/c1-3-4-5-6-7-8-9-10-11-12-13-14-15-16-17-18-21-55-27-34(49(2)26-32-22-31(25-44)23-33(43)24-32)28-56-59(53,54)58-38-37-42(38,52)40(51)41(29-45,57-37)36-20-19-35-39(46)47-30-48-50(35)36/h19-20,22-24,30,34,37-38,40,51-52H,3-18,21,26-28H2,1-2H3,(H,53,54)(H2,46,47,48)/t34-,37-,38?,40+,41+,42+/m1/s1. The van der Waals surface area contributed by atoms with Crippen molar-refractivity contribution in [1.82, 2.24) is 19.5 Å². The fourth-order valence-corrected chi connectivity index (χ4v) is 8.95. The predicted molar refractivity (Wildman–Crippen MR) is 218 cm³/mol. The molecule has 1 aliphatic heterocycles. The lowest BCUT2D eigenvalue weighted by atomic mass is 9.90. The number of hydrogen-bond donors (Lipinski definition) is 4. The molecule has 3 heterocycles. The highest BCUT2D eigenvalue weighted by molar-refractivity contribution is 7.47. The number of benzene rings is 1. The molecule has 59 heavy (non-hydrogen) atoms. The summed E-state index contributed by atoms with van der Waals surface area (Å²) in [5.41, 5.74) is 2.69. The normalized spacial score (nSPS) is 23.8. The lowest BCUT2D eigenvalue weighted by Gasteiger charge is -2.30. The lowest BCUT2D eigenvalue weighted by molar-refractivity contribution is -0.106. The van der Waals surface area contributed by atoms with E-state index in [-0.39, 0.29) is 36.8 Å². The van der Waals surface area contributed by atoms with Gasteiger partial charge in [-0.1, -0.05) is 103 Å². The zero-order valence-electron chi connectivity index (χ0n) is 34.4. The molecule has 2 fully saturated rings. The molecule has 3 aromatic rings. The smallest absolute Gasteiger partial charge is 0.385 e. The number of fused-ring (bicyclic) bond motifs is 2. The van der Waals surface area contributed by atoms with Crippen LogP contribution in [0.3, 0.4) is 0 Å². The summed E-state index contributed by atoms with van der Waals surface area (Å²) in [4.78, 5) is 16.5. The molecule has 0 spiro atoms. The van der Waals surface area contributed by atoms with Crippen LogP contribution < -0.4 is 5.73 Å². The number of aromatic nitrogens is 3. The number of ether oxygens (including phenoxy) is 2. The molecule has 2 aliphatic rings. The first-order chi connectivity index (χ1) is 28.4. The summed E-state index contributed by atoms with van der Waals surface area (Å²) in [7, 11) is -3.18. The van der Waals surface area contributed by atoms with E-state index in [0.717, 1.165) is 31.7 Å². The van der Waals surface area contributed by atoms with Gasteiger partial charge in [0.2, 0.25) is 5.60 Å². The number of rotatable bonds is 28. The molecule has 5 rings (SSSR count). The van der Waals surface area contributed by atoms with Crippen molar-refractivity contribution >= 4 is 19.2 Å². The molecule has 0 bridgehead atoms. The van der Waals surface area contributed by atoms with Crippen LogP contribution in [0.5, 0.6) is 0 Å². The number of phosphoric acid groups is 1. The third-order valence-electron chi connectivity index (χ3n) is 11.5. The molecule has 17 heteroatoms. The molecule has 5 N–H and O–H groups in total. The Balaban J connectivity index is 1.07. The largest absolute Gasteiger partial charge is 0.472 e. The van der Waals surface area contributed by atoms with Crippen molar-refractivity contribution in [2.75, 3.05) is 32.6 Å². The number of nitrogens with two attached hydrogens (primary N) is 1. The summed E-state index contributed by atoms with van der Waals surface area (Å²) in [5.74, 6) is -0.443. The predicted octanol–water partition coefficient (Wildman–Crippen LogP) is 6.83. The van der Waals surface area contributed by atoms with Crippen LogP contribution in [0.15, 0.2) is 36.7 Å². The molecule has 15 nitrogen and oxygen atoms in total. The van der Waals surface area contributed by atoms with Crippen molar-refractivity contribution < 1.29 is 42.6 Å². The highest BCUT2D eigenvalue weighted by atomic mass is 31.2. The van der Waals surface area contributed by atoms with E-state index in [4.69, 9.17) is 24.3 Å². The second-order valence-corrected chi connectivity index (χ2v) is 17.4. The molecular formula is C42H61FN7O8P. The Hall–Kier alpha value is -3.54. The van der Waals surface area contributed by atoms with Gasteiger partial charge in [0, 0.05) is 13.2 Å². The number of nitriles is 2. The first-order valence-electron chi connectivity index (χ1n) is 21.1. The minimum atomic E-state index is -4.90. The Morgan fingerprint density at radius 1 is 1.00 bits per heavy atom.